The fourth-order valence-corrected chi connectivity index (χ4v) is 2.89. The molecule has 2 aromatic rings. The van der Waals surface area contributed by atoms with Gasteiger partial charge in [-0.3, -0.25) is 14.5 Å². The van der Waals surface area contributed by atoms with E-state index >= 15 is 0 Å². The Balaban J connectivity index is 1.65. The molecular formula is C17H22N4O2. The lowest BCUT2D eigenvalue weighted by Gasteiger charge is -2.20. The highest BCUT2D eigenvalue weighted by Gasteiger charge is 2.33. The minimum absolute atomic E-state index is 0.00213. The second-order valence-corrected chi connectivity index (χ2v) is 6.05. The van der Waals surface area contributed by atoms with Crippen LogP contribution in [0.1, 0.15) is 35.0 Å². The van der Waals surface area contributed by atoms with Crippen LogP contribution in [-0.4, -0.2) is 33.3 Å². The highest BCUT2D eigenvalue weighted by molar-refractivity contribution is 5.78. The lowest BCUT2D eigenvalue weighted by Crippen LogP contribution is -2.37. The van der Waals surface area contributed by atoms with Crippen LogP contribution in [0.15, 0.2) is 24.5 Å². The highest BCUT2D eigenvalue weighted by Crippen LogP contribution is 2.30. The standard InChI is InChI=1S/C17H22N4O2/c1-11-4-5-13(9-18-11)8-16(22)20-15-6-7-23-17(15)14-10-19-21(3)12(14)2/h4-5,9-10,15,17H,6-8H2,1-3H3,(H,20,22)/t15-,17+/m0/s1. The summed E-state index contributed by atoms with van der Waals surface area (Å²) in [5.74, 6) is -0.00213. The van der Waals surface area contributed by atoms with Crippen LogP contribution < -0.4 is 5.32 Å². The fraction of sp³-hybridized carbons (Fsp3) is 0.471. The Bertz CT molecular complexity index is 693. The predicted octanol–water partition coefficient (Wildman–Crippen LogP) is 1.62. The molecule has 6 heteroatoms. The summed E-state index contributed by atoms with van der Waals surface area (Å²) in [5.41, 5.74) is 3.98. The molecule has 1 saturated heterocycles. The van der Waals surface area contributed by atoms with E-state index in [2.05, 4.69) is 15.4 Å². The number of aryl methyl sites for hydroxylation is 2. The van der Waals surface area contributed by atoms with Crippen LogP contribution in [-0.2, 0) is 23.0 Å². The molecule has 0 bridgehead atoms. The summed E-state index contributed by atoms with van der Waals surface area (Å²) in [6.45, 7) is 4.59. The smallest absolute Gasteiger partial charge is 0.224 e. The zero-order valence-corrected chi connectivity index (χ0v) is 13.7. The third-order valence-corrected chi connectivity index (χ3v) is 4.36. The average Bonchev–Trinajstić information content (AvgIpc) is 3.09. The number of carbonyl (C=O) groups is 1. The van der Waals surface area contributed by atoms with E-state index in [1.165, 1.54) is 0 Å². The first-order chi connectivity index (χ1) is 11.0. The summed E-state index contributed by atoms with van der Waals surface area (Å²) in [4.78, 5) is 16.5. The van der Waals surface area contributed by atoms with Crippen molar-refractivity contribution in [3.8, 4) is 0 Å². The monoisotopic (exact) mass is 314 g/mol. The molecule has 1 aliphatic rings. The van der Waals surface area contributed by atoms with Gasteiger partial charge in [0.25, 0.3) is 0 Å². The third-order valence-electron chi connectivity index (χ3n) is 4.36. The summed E-state index contributed by atoms with van der Waals surface area (Å²) in [6, 6.07) is 3.85. The highest BCUT2D eigenvalue weighted by atomic mass is 16.5. The first kappa shape index (κ1) is 15.7. The van der Waals surface area contributed by atoms with Crippen molar-refractivity contribution in [2.75, 3.05) is 6.61 Å². The van der Waals surface area contributed by atoms with Crippen molar-refractivity contribution in [1.82, 2.24) is 20.1 Å². The van der Waals surface area contributed by atoms with Crippen molar-refractivity contribution < 1.29 is 9.53 Å². The summed E-state index contributed by atoms with van der Waals surface area (Å²) in [5, 5.41) is 7.36. The molecule has 0 radical (unpaired) electrons. The number of hydrogen-bond donors (Lipinski definition) is 1. The van der Waals surface area contributed by atoms with Crippen LogP contribution in [0.3, 0.4) is 0 Å². The van der Waals surface area contributed by atoms with Crippen LogP contribution in [0.4, 0.5) is 0 Å². The second-order valence-electron chi connectivity index (χ2n) is 6.05. The summed E-state index contributed by atoms with van der Waals surface area (Å²) in [6.07, 6.45) is 4.61. The molecule has 0 aromatic carbocycles. The number of ether oxygens (including phenoxy) is 1. The predicted molar refractivity (Wildman–Crippen MR) is 85.9 cm³/mol. The van der Waals surface area contributed by atoms with Crippen molar-refractivity contribution in [2.24, 2.45) is 7.05 Å². The van der Waals surface area contributed by atoms with Crippen molar-refractivity contribution >= 4 is 5.91 Å². The molecule has 1 fully saturated rings. The summed E-state index contributed by atoms with van der Waals surface area (Å²) in [7, 11) is 1.91. The van der Waals surface area contributed by atoms with Crippen molar-refractivity contribution in [1.29, 1.82) is 0 Å². The number of rotatable bonds is 4. The van der Waals surface area contributed by atoms with E-state index in [9.17, 15) is 4.79 Å². The molecule has 3 heterocycles. The largest absolute Gasteiger partial charge is 0.371 e. The molecule has 122 valence electrons. The maximum atomic E-state index is 12.3. The van der Waals surface area contributed by atoms with Crippen LogP contribution in [0.25, 0.3) is 0 Å². The maximum absolute atomic E-state index is 12.3. The Morgan fingerprint density at radius 1 is 1.39 bits per heavy atom. The minimum atomic E-state index is -0.121. The molecule has 0 unspecified atom stereocenters. The van der Waals surface area contributed by atoms with Crippen LogP contribution in [0.2, 0.25) is 0 Å². The quantitative estimate of drug-likeness (QED) is 0.931. The SMILES string of the molecule is Cc1ccc(CC(=O)N[C@H]2CCO[C@@H]2c2cnn(C)c2C)cn1. The third kappa shape index (κ3) is 3.42. The Labute approximate surface area is 135 Å². The average molecular weight is 314 g/mol. The Hall–Kier alpha value is -2.21. The molecule has 1 amide bonds. The van der Waals surface area contributed by atoms with Gasteiger partial charge in [-0.1, -0.05) is 6.07 Å². The molecule has 0 saturated carbocycles. The van der Waals surface area contributed by atoms with E-state index in [1.54, 1.807) is 6.20 Å². The zero-order chi connectivity index (χ0) is 16.4. The summed E-state index contributed by atoms with van der Waals surface area (Å²) < 4.78 is 7.66. The fourth-order valence-electron chi connectivity index (χ4n) is 2.89. The van der Waals surface area contributed by atoms with E-state index in [0.717, 1.165) is 28.9 Å². The molecule has 2 aromatic heterocycles. The first-order valence-corrected chi connectivity index (χ1v) is 7.85. The van der Waals surface area contributed by atoms with Gasteiger partial charge in [0.15, 0.2) is 0 Å². The van der Waals surface area contributed by atoms with Gasteiger partial charge in [-0.15, -0.1) is 0 Å². The topological polar surface area (TPSA) is 69.0 Å². The van der Waals surface area contributed by atoms with Crippen molar-refractivity contribution in [3.05, 3.63) is 47.0 Å². The van der Waals surface area contributed by atoms with Crippen molar-refractivity contribution in [3.63, 3.8) is 0 Å². The summed E-state index contributed by atoms with van der Waals surface area (Å²) >= 11 is 0. The molecule has 0 spiro atoms. The van der Waals surface area contributed by atoms with Crippen LogP contribution >= 0.6 is 0 Å². The number of nitrogens with zero attached hydrogens (tertiary/aromatic N) is 3. The Kier molecular flexibility index (Phi) is 4.43. The second kappa shape index (κ2) is 6.50. The molecular weight excluding hydrogens is 292 g/mol. The van der Waals surface area contributed by atoms with Gasteiger partial charge in [-0.05, 0) is 31.9 Å². The maximum Gasteiger partial charge on any atom is 0.224 e. The van der Waals surface area contributed by atoms with Crippen LogP contribution in [0, 0.1) is 13.8 Å². The molecule has 1 aliphatic heterocycles. The van der Waals surface area contributed by atoms with Gasteiger partial charge in [0.05, 0.1) is 18.7 Å². The van der Waals surface area contributed by atoms with Gasteiger partial charge in [-0.25, -0.2) is 0 Å². The molecule has 0 aliphatic carbocycles. The molecule has 23 heavy (non-hydrogen) atoms. The van der Waals surface area contributed by atoms with Gasteiger partial charge in [-0.2, -0.15) is 5.10 Å². The van der Waals surface area contributed by atoms with E-state index < -0.39 is 0 Å². The molecule has 2 atom stereocenters. The zero-order valence-electron chi connectivity index (χ0n) is 13.7. The van der Waals surface area contributed by atoms with Crippen molar-refractivity contribution in [2.45, 2.75) is 38.8 Å². The van der Waals surface area contributed by atoms with Gasteiger partial charge < -0.3 is 10.1 Å². The van der Waals surface area contributed by atoms with E-state index in [-0.39, 0.29) is 18.1 Å². The van der Waals surface area contributed by atoms with E-state index in [0.29, 0.717) is 13.0 Å². The van der Waals surface area contributed by atoms with Gasteiger partial charge in [0.1, 0.15) is 6.10 Å². The number of amides is 1. The van der Waals surface area contributed by atoms with E-state index in [1.807, 2.05) is 43.9 Å². The Morgan fingerprint density at radius 3 is 2.87 bits per heavy atom. The van der Waals surface area contributed by atoms with E-state index in [4.69, 9.17) is 4.74 Å². The van der Waals surface area contributed by atoms with Gasteiger partial charge in [0, 0.05) is 36.8 Å². The number of carbonyl (C=O) groups excluding carboxylic acids is 1. The normalized spacial score (nSPS) is 20.7. The lowest BCUT2D eigenvalue weighted by atomic mass is 10.0. The number of pyridine rings is 1. The number of aromatic nitrogens is 3. The minimum Gasteiger partial charge on any atom is -0.371 e. The Morgan fingerprint density at radius 2 is 2.22 bits per heavy atom. The lowest BCUT2D eigenvalue weighted by molar-refractivity contribution is -0.121. The first-order valence-electron chi connectivity index (χ1n) is 7.85. The molecule has 6 nitrogen and oxygen atoms in total. The number of nitrogens with one attached hydrogen (secondary N) is 1. The molecule has 1 N–H and O–H groups in total. The van der Waals surface area contributed by atoms with Gasteiger partial charge >= 0.3 is 0 Å². The van der Waals surface area contributed by atoms with Crippen LogP contribution in [0.5, 0.6) is 0 Å². The van der Waals surface area contributed by atoms with Gasteiger partial charge in [0.2, 0.25) is 5.91 Å². The number of hydrogen-bond acceptors (Lipinski definition) is 4. The molecule has 3 rings (SSSR count).